The van der Waals surface area contributed by atoms with Gasteiger partial charge < -0.3 is 4.90 Å². The molecule has 1 nitrogen and oxygen atoms in total. The number of nitrogens with zero attached hydrogens (tertiary/aromatic N) is 1. The Morgan fingerprint density at radius 1 is 0.448 bits per heavy atom. The number of aryl methyl sites for hydroxylation is 4. The van der Waals surface area contributed by atoms with Gasteiger partial charge in [0.1, 0.15) is 0 Å². The van der Waals surface area contributed by atoms with E-state index in [0.29, 0.717) is 0 Å². The van der Waals surface area contributed by atoms with Crippen molar-refractivity contribution in [1.82, 2.24) is 0 Å². The highest BCUT2D eigenvalue weighted by molar-refractivity contribution is 5.79. The van der Waals surface area contributed by atoms with Crippen LogP contribution in [-0.2, 0) is 0 Å². The van der Waals surface area contributed by atoms with Gasteiger partial charge in [-0.2, -0.15) is 0 Å². The molecule has 4 aromatic rings. The molecule has 4 rings (SSSR count). The fourth-order valence-corrected chi connectivity index (χ4v) is 3.68. The first kappa shape index (κ1) is 19.0. The predicted molar refractivity (Wildman–Crippen MR) is 126 cm³/mol. The predicted octanol–water partition coefficient (Wildman–Crippen LogP) is 8.06. The van der Waals surface area contributed by atoms with Crippen molar-refractivity contribution in [3.05, 3.63) is 113 Å². The van der Waals surface area contributed by atoms with Crippen LogP contribution in [0.4, 0.5) is 17.1 Å². The lowest BCUT2D eigenvalue weighted by Gasteiger charge is -2.26. The van der Waals surface area contributed by atoms with Crippen LogP contribution in [-0.4, -0.2) is 0 Å². The molecule has 0 spiro atoms. The highest BCUT2D eigenvalue weighted by atomic mass is 15.1. The third kappa shape index (κ3) is 4.09. The van der Waals surface area contributed by atoms with Gasteiger partial charge in [0, 0.05) is 17.1 Å². The van der Waals surface area contributed by atoms with Crippen LogP contribution < -0.4 is 4.90 Å². The van der Waals surface area contributed by atoms with Gasteiger partial charge in [-0.1, -0.05) is 71.3 Å². The van der Waals surface area contributed by atoms with E-state index in [1.807, 2.05) is 0 Å². The molecule has 1 heteroatoms. The summed E-state index contributed by atoms with van der Waals surface area (Å²) in [6.07, 6.45) is 0. The average molecular weight is 378 g/mol. The Hall–Kier alpha value is -3.32. The lowest BCUT2D eigenvalue weighted by Crippen LogP contribution is -2.10. The largest absolute Gasteiger partial charge is 0.310 e. The van der Waals surface area contributed by atoms with Crippen molar-refractivity contribution in [3.8, 4) is 11.1 Å². The monoisotopic (exact) mass is 377 g/mol. The molecule has 0 fully saturated rings. The Balaban J connectivity index is 1.80. The second kappa shape index (κ2) is 7.97. The van der Waals surface area contributed by atoms with Crippen molar-refractivity contribution in [1.29, 1.82) is 0 Å². The molecule has 144 valence electrons. The standard InChI is InChI=1S/C28H27N/c1-20-5-11-24(12-6-20)28-18-17-27(19-23(28)4)29(25-13-7-21(2)8-14-25)26-15-9-22(3)10-16-26/h5-19H,1-4H3. The molecule has 0 saturated heterocycles. The summed E-state index contributed by atoms with van der Waals surface area (Å²) in [7, 11) is 0. The Morgan fingerprint density at radius 3 is 1.31 bits per heavy atom. The molecule has 0 amide bonds. The highest BCUT2D eigenvalue weighted by Crippen LogP contribution is 2.37. The van der Waals surface area contributed by atoms with Crippen LogP contribution in [0.15, 0.2) is 91.0 Å². The molecular formula is C28H27N. The molecule has 0 saturated carbocycles. The number of anilines is 3. The second-order valence-corrected chi connectivity index (χ2v) is 7.87. The van der Waals surface area contributed by atoms with E-state index in [9.17, 15) is 0 Å². The summed E-state index contributed by atoms with van der Waals surface area (Å²) in [5.74, 6) is 0. The maximum absolute atomic E-state index is 2.32. The topological polar surface area (TPSA) is 3.24 Å². The maximum Gasteiger partial charge on any atom is 0.0464 e. The minimum atomic E-state index is 1.17. The molecule has 0 atom stereocenters. The van der Waals surface area contributed by atoms with E-state index in [1.165, 1.54) is 50.4 Å². The van der Waals surface area contributed by atoms with Crippen LogP contribution in [0.5, 0.6) is 0 Å². The molecule has 0 aromatic heterocycles. The average Bonchev–Trinajstić information content (AvgIpc) is 2.72. The van der Waals surface area contributed by atoms with Gasteiger partial charge in [0.15, 0.2) is 0 Å². The smallest absolute Gasteiger partial charge is 0.0464 e. The third-order valence-corrected chi connectivity index (χ3v) is 5.42. The van der Waals surface area contributed by atoms with E-state index < -0.39 is 0 Å². The number of hydrogen-bond acceptors (Lipinski definition) is 1. The number of benzene rings is 4. The van der Waals surface area contributed by atoms with E-state index in [4.69, 9.17) is 0 Å². The van der Waals surface area contributed by atoms with E-state index in [-0.39, 0.29) is 0 Å². The minimum Gasteiger partial charge on any atom is -0.310 e. The molecule has 0 N–H and O–H groups in total. The minimum absolute atomic E-state index is 1.17. The van der Waals surface area contributed by atoms with Gasteiger partial charge in [0.05, 0.1) is 0 Å². The lowest BCUT2D eigenvalue weighted by molar-refractivity contribution is 1.26. The van der Waals surface area contributed by atoms with Gasteiger partial charge in [-0.25, -0.2) is 0 Å². The van der Waals surface area contributed by atoms with Gasteiger partial charge in [0.2, 0.25) is 0 Å². The summed E-state index contributed by atoms with van der Waals surface area (Å²) in [6.45, 7) is 8.57. The number of rotatable bonds is 4. The normalized spacial score (nSPS) is 10.8. The fourth-order valence-electron chi connectivity index (χ4n) is 3.68. The van der Waals surface area contributed by atoms with Crippen molar-refractivity contribution < 1.29 is 0 Å². The SMILES string of the molecule is Cc1ccc(-c2ccc(N(c3ccc(C)cc3)c3ccc(C)cc3)cc2C)cc1. The molecule has 4 aromatic carbocycles. The van der Waals surface area contributed by atoms with Gasteiger partial charge in [0.25, 0.3) is 0 Å². The first-order valence-electron chi connectivity index (χ1n) is 10.1. The summed E-state index contributed by atoms with van der Waals surface area (Å²) in [5, 5.41) is 0. The molecule has 0 unspecified atom stereocenters. The van der Waals surface area contributed by atoms with Crippen molar-refractivity contribution in [2.45, 2.75) is 27.7 Å². The molecule has 0 heterocycles. The van der Waals surface area contributed by atoms with E-state index >= 15 is 0 Å². The molecule has 0 aliphatic rings. The van der Waals surface area contributed by atoms with Crippen LogP contribution in [0.2, 0.25) is 0 Å². The first-order chi connectivity index (χ1) is 14.0. The van der Waals surface area contributed by atoms with Crippen molar-refractivity contribution in [2.24, 2.45) is 0 Å². The Morgan fingerprint density at radius 2 is 0.862 bits per heavy atom. The first-order valence-corrected chi connectivity index (χ1v) is 10.1. The molecule has 0 radical (unpaired) electrons. The zero-order valence-corrected chi connectivity index (χ0v) is 17.6. The Kier molecular flexibility index (Phi) is 5.22. The zero-order chi connectivity index (χ0) is 20.4. The molecule has 29 heavy (non-hydrogen) atoms. The molecule has 0 aliphatic carbocycles. The molecule has 0 aliphatic heterocycles. The van der Waals surface area contributed by atoms with Crippen LogP contribution in [0, 0.1) is 27.7 Å². The van der Waals surface area contributed by atoms with Crippen molar-refractivity contribution >= 4 is 17.1 Å². The summed E-state index contributed by atoms with van der Waals surface area (Å²) in [5.41, 5.74) is 11.1. The summed E-state index contributed by atoms with van der Waals surface area (Å²) in [6, 6.07) is 33.0. The highest BCUT2D eigenvalue weighted by Gasteiger charge is 2.14. The maximum atomic E-state index is 2.32. The summed E-state index contributed by atoms with van der Waals surface area (Å²) in [4.78, 5) is 2.32. The van der Waals surface area contributed by atoms with Gasteiger partial charge >= 0.3 is 0 Å². The van der Waals surface area contributed by atoms with Crippen molar-refractivity contribution in [3.63, 3.8) is 0 Å². The Bertz CT molecular complexity index is 1060. The molecular weight excluding hydrogens is 350 g/mol. The second-order valence-electron chi connectivity index (χ2n) is 7.87. The van der Waals surface area contributed by atoms with E-state index in [0.717, 1.165) is 0 Å². The van der Waals surface area contributed by atoms with Crippen LogP contribution >= 0.6 is 0 Å². The lowest BCUT2D eigenvalue weighted by atomic mass is 9.98. The van der Waals surface area contributed by atoms with Gasteiger partial charge in [-0.05, 0) is 80.8 Å². The van der Waals surface area contributed by atoms with E-state index in [1.54, 1.807) is 0 Å². The zero-order valence-electron chi connectivity index (χ0n) is 17.6. The summed E-state index contributed by atoms with van der Waals surface area (Å²) < 4.78 is 0. The van der Waals surface area contributed by atoms with Crippen molar-refractivity contribution in [2.75, 3.05) is 4.90 Å². The summed E-state index contributed by atoms with van der Waals surface area (Å²) >= 11 is 0. The number of hydrogen-bond donors (Lipinski definition) is 0. The third-order valence-electron chi connectivity index (χ3n) is 5.42. The Labute approximate surface area is 174 Å². The van der Waals surface area contributed by atoms with Crippen LogP contribution in [0.25, 0.3) is 11.1 Å². The van der Waals surface area contributed by atoms with Gasteiger partial charge in [-0.15, -0.1) is 0 Å². The van der Waals surface area contributed by atoms with Gasteiger partial charge in [-0.3, -0.25) is 0 Å². The quantitative estimate of drug-likeness (QED) is 0.347. The van der Waals surface area contributed by atoms with E-state index in [2.05, 4.69) is 124 Å². The van der Waals surface area contributed by atoms with Crippen LogP contribution in [0.1, 0.15) is 22.3 Å². The fraction of sp³-hybridized carbons (Fsp3) is 0.143. The molecule has 0 bridgehead atoms. The van der Waals surface area contributed by atoms with Crippen LogP contribution in [0.3, 0.4) is 0 Å².